The Labute approximate surface area is 194 Å². The number of ether oxygens (including phenoxy) is 1. The van der Waals surface area contributed by atoms with Crippen molar-refractivity contribution in [3.05, 3.63) is 68.7 Å². The molecule has 0 aliphatic carbocycles. The lowest BCUT2D eigenvalue weighted by atomic mass is 10.1. The topological polar surface area (TPSA) is 64.4 Å². The molecule has 33 heavy (non-hydrogen) atoms. The van der Waals surface area contributed by atoms with E-state index in [0.29, 0.717) is 30.5 Å². The summed E-state index contributed by atoms with van der Waals surface area (Å²) in [5, 5.41) is 0.326. The molecular formula is C24H24ClF2N3O3. The number of carbonyl (C=O) groups excluding carboxylic acids is 1. The van der Waals surface area contributed by atoms with E-state index in [0.717, 1.165) is 22.8 Å². The number of carbonyl (C=O) groups is 1. The van der Waals surface area contributed by atoms with Crippen LogP contribution in [-0.4, -0.2) is 32.7 Å². The average molecular weight is 476 g/mol. The Hall–Kier alpha value is -3.00. The van der Waals surface area contributed by atoms with E-state index in [1.54, 1.807) is 39.8 Å². The van der Waals surface area contributed by atoms with Crippen LogP contribution in [0, 0.1) is 18.6 Å². The van der Waals surface area contributed by atoms with Crippen LogP contribution in [0.1, 0.15) is 51.0 Å². The maximum Gasteiger partial charge on any atom is 0.410 e. The van der Waals surface area contributed by atoms with E-state index >= 15 is 0 Å². The number of rotatable bonds is 2. The van der Waals surface area contributed by atoms with Crippen LogP contribution in [0.2, 0.25) is 5.02 Å². The van der Waals surface area contributed by atoms with Crippen LogP contribution >= 0.6 is 11.6 Å². The number of halogens is 3. The van der Waals surface area contributed by atoms with Gasteiger partial charge in [0.1, 0.15) is 23.1 Å². The molecule has 0 radical (unpaired) electrons. The molecule has 0 bridgehead atoms. The first-order chi connectivity index (χ1) is 15.5. The van der Waals surface area contributed by atoms with Crippen molar-refractivity contribution < 1.29 is 18.3 Å². The third-order valence-corrected chi connectivity index (χ3v) is 5.80. The molecule has 1 amide bonds. The SMILES string of the molecule is Cc1ccc(Cl)c2c(=O)n(-c3cc(F)cc(F)c3)c(C3CCCN3C(=O)OC(C)(C)C)nc12. The molecule has 1 saturated heterocycles. The first-order valence-corrected chi connectivity index (χ1v) is 11.0. The maximum absolute atomic E-state index is 14.1. The summed E-state index contributed by atoms with van der Waals surface area (Å²) in [7, 11) is 0. The van der Waals surface area contributed by atoms with E-state index in [9.17, 15) is 18.4 Å². The van der Waals surface area contributed by atoms with Gasteiger partial charge in [-0.3, -0.25) is 14.3 Å². The Morgan fingerprint density at radius 1 is 1.18 bits per heavy atom. The minimum atomic E-state index is -0.839. The minimum absolute atomic E-state index is 0.0319. The summed E-state index contributed by atoms with van der Waals surface area (Å²) in [6.45, 7) is 7.49. The quantitative estimate of drug-likeness (QED) is 0.477. The number of fused-ring (bicyclic) bond motifs is 1. The fraction of sp³-hybridized carbons (Fsp3) is 0.375. The van der Waals surface area contributed by atoms with E-state index in [4.69, 9.17) is 21.3 Å². The van der Waals surface area contributed by atoms with Gasteiger partial charge in [-0.2, -0.15) is 0 Å². The Morgan fingerprint density at radius 2 is 1.85 bits per heavy atom. The zero-order valence-electron chi connectivity index (χ0n) is 18.8. The normalized spacial score (nSPS) is 16.5. The molecule has 6 nitrogen and oxygen atoms in total. The van der Waals surface area contributed by atoms with Gasteiger partial charge in [0.25, 0.3) is 5.56 Å². The molecule has 1 fully saturated rings. The van der Waals surface area contributed by atoms with E-state index < -0.39 is 34.9 Å². The smallest absolute Gasteiger partial charge is 0.410 e. The Bertz CT molecular complexity index is 1300. The van der Waals surface area contributed by atoms with E-state index in [-0.39, 0.29) is 21.9 Å². The van der Waals surface area contributed by atoms with Gasteiger partial charge in [-0.05, 0) is 64.3 Å². The lowest BCUT2D eigenvalue weighted by molar-refractivity contribution is 0.0216. The molecule has 4 rings (SSSR count). The summed E-state index contributed by atoms with van der Waals surface area (Å²) in [5.74, 6) is -1.48. The highest BCUT2D eigenvalue weighted by molar-refractivity contribution is 6.35. The second kappa shape index (κ2) is 8.41. The zero-order valence-corrected chi connectivity index (χ0v) is 19.5. The van der Waals surface area contributed by atoms with Crippen molar-refractivity contribution in [1.29, 1.82) is 0 Å². The summed E-state index contributed by atoms with van der Waals surface area (Å²) in [5.41, 5.74) is -0.213. The number of hydrogen-bond acceptors (Lipinski definition) is 4. The lowest BCUT2D eigenvalue weighted by Crippen LogP contribution is -2.38. The predicted molar refractivity (Wildman–Crippen MR) is 122 cm³/mol. The molecule has 1 aromatic heterocycles. The Morgan fingerprint density at radius 3 is 2.48 bits per heavy atom. The molecule has 1 aliphatic rings. The second-order valence-corrected chi connectivity index (χ2v) is 9.57. The first kappa shape index (κ1) is 23.2. The largest absolute Gasteiger partial charge is 0.444 e. The monoisotopic (exact) mass is 475 g/mol. The molecule has 2 heterocycles. The number of hydrogen-bond donors (Lipinski definition) is 0. The number of nitrogens with zero attached hydrogens (tertiary/aromatic N) is 3. The number of aryl methyl sites for hydroxylation is 1. The van der Waals surface area contributed by atoms with Crippen LogP contribution in [0.15, 0.2) is 35.1 Å². The molecule has 2 aromatic carbocycles. The first-order valence-electron chi connectivity index (χ1n) is 10.6. The molecule has 0 N–H and O–H groups in total. The highest BCUT2D eigenvalue weighted by Gasteiger charge is 2.36. The molecule has 1 aliphatic heterocycles. The van der Waals surface area contributed by atoms with Gasteiger partial charge in [0.2, 0.25) is 0 Å². The molecule has 3 aromatic rings. The molecular weight excluding hydrogens is 452 g/mol. The van der Waals surface area contributed by atoms with Gasteiger partial charge >= 0.3 is 6.09 Å². The van der Waals surface area contributed by atoms with Crippen molar-refractivity contribution in [1.82, 2.24) is 14.5 Å². The summed E-state index contributed by atoms with van der Waals surface area (Å²) in [6.07, 6.45) is 0.623. The van der Waals surface area contributed by atoms with Crippen molar-refractivity contribution >= 4 is 28.6 Å². The molecule has 174 valence electrons. The fourth-order valence-electron chi connectivity index (χ4n) is 4.11. The van der Waals surface area contributed by atoms with Crippen LogP contribution in [-0.2, 0) is 4.74 Å². The average Bonchev–Trinajstić information content (AvgIpc) is 3.18. The van der Waals surface area contributed by atoms with Crippen molar-refractivity contribution in [3.8, 4) is 5.69 Å². The van der Waals surface area contributed by atoms with Crippen LogP contribution < -0.4 is 5.56 Å². The highest BCUT2D eigenvalue weighted by atomic mass is 35.5. The number of amides is 1. The predicted octanol–water partition coefficient (Wildman–Crippen LogP) is 5.70. The lowest BCUT2D eigenvalue weighted by Gasteiger charge is -2.29. The summed E-state index contributed by atoms with van der Waals surface area (Å²) in [4.78, 5) is 32.8. The van der Waals surface area contributed by atoms with Gasteiger partial charge in [0, 0.05) is 12.6 Å². The van der Waals surface area contributed by atoms with Crippen LogP contribution in [0.5, 0.6) is 0 Å². The Balaban J connectivity index is 2.00. The standard InChI is InChI=1S/C24H24ClF2N3O3/c1-13-7-8-17(25)19-20(13)28-21(18-6-5-9-29(18)23(32)33-24(2,3)4)30(22(19)31)16-11-14(26)10-15(27)12-16/h7-8,10-12,18H,5-6,9H2,1-4H3. The fourth-order valence-corrected chi connectivity index (χ4v) is 4.35. The summed E-state index contributed by atoms with van der Waals surface area (Å²) < 4.78 is 34.9. The summed E-state index contributed by atoms with van der Waals surface area (Å²) >= 11 is 6.33. The van der Waals surface area contributed by atoms with Gasteiger partial charge in [-0.25, -0.2) is 18.6 Å². The number of likely N-dealkylation sites (tertiary alicyclic amines) is 1. The van der Waals surface area contributed by atoms with Crippen molar-refractivity contribution in [3.63, 3.8) is 0 Å². The van der Waals surface area contributed by atoms with Gasteiger partial charge in [-0.15, -0.1) is 0 Å². The van der Waals surface area contributed by atoms with Crippen molar-refractivity contribution in [2.45, 2.75) is 52.2 Å². The number of aromatic nitrogens is 2. The van der Waals surface area contributed by atoms with Crippen LogP contribution in [0.3, 0.4) is 0 Å². The van der Waals surface area contributed by atoms with Gasteiger partial charge < -0.3 is 4.74 Å². The van der Waals surface area contributed by atoms with E-state index in [1.807, 2.05) is 0 Å². The minimum Gasteiger partial charge on any atom is -0.444 e. The van der Waals surface area contributed by atoms with Crippen LogP contribution in [0.25, 0.3) is 16.6 Å². The van der Waals surface area contributed by atoms with Crippen molar-refractivity contribution in [2.75, 3.05) is 6.54 Å². The van der Waals surface area contributed by atoms with E-state index in [1.165, 1.54) is 4.90 Å². The molecule has 1 unspecified atom stereocenters. The highest BCUT2D eigenvalue weighted by Crippen LogP contribution is 2.34. The van der Waals surface area contributed by atoms with Gasteiger partial charge in [-0.1, -0.05) is 17.7 Å². The van der Waals surface area contributed by atoms with Crippen LogP contribution in [0.4, 0.5) is 13.6 Å². The molecule has 0 spiro atoms. The maximum atomic E-state index is 14.1. The molecule has 0 saturated carbocycles. The molecule has 1 atom stereocenters. The second-order valence-electron chi connectivity index (χ2n) is 9.16. The number of benzene rings is 2. The van der Waals surface area contributed by atoms with E-state index in [2.05, 4.69) is 0 Å². The zero-order chi connectivity index (χ0) is 24.1. The third-order valence-electron chi connectivity index (χ3n) is 5.49. The van der Waals surface area contributed by atoms with Gasteiger partial charge in [0.15, 0.2) is 0 Å². The third kappa shape index (κ3) is 4.44. The van der Waals surface area contributed by atoms with Crippen molar-refractivity contribution in [2.24, 2.45) is 0 Å². The summed E-state index contributed by atoms with van der Waals surface area (Å²) in [6, 6.07) is 5.54. The molecule has 9 heteroatoms. The Kier molecular flexibility index (Phi) is 5.90. The van der Waals surface area contributed by atoms with Gasteiger partial charge in [0.05, 0.1) is 27.7 Å².